The molecule has 0 aliphatic heterocycles. The number of aliphatic carboxylic acids is 2. The second kappa shape index (κ2) is 17.0. The summed E-state index contributed by atoms with van der Waals surface area (Å²) in [6.45, 7) is 0.0960. The van der Waals surface area contributed by atoms with E-state index in [1.165, 1.54) is 12.5 Å². The number of amides is 4. The summed E-state index contributed by atoms with van der Waals surface area (Å²) in [5, 5.41) is 25.5. The Morgan fingerprint density at radius 2 is 1.50 bits per heavy atom. The molecule has 4 amide bonds. The van der Waals surface area contributed by atoms with E-state index in [1.807, 2.05) is 0 Å². The fourth-order valence-electron chi connectivity index (χ4n) is 3.38. The zero-order chi connectivity index (χ0) is 30.2. The quantitative estimate of drug-likeness (QED) is 0.0433. The maximum atomic E-state index is 13.3. The highest BCUT2D eigenvalue weighted by molar-refractivity contribution is 5.94. The van der Waals surface area contributed by atoms with Gasteiger partial charge in [-0.05, 0) is 25.7 Å². The number of primary amides is 1. The van der Waals surface area contributed by atoms with E-state index in [9.17, 15) is 33.9 Å². The average molecular weight is 569 g/mol. The number of hydrogen-bond donors (Lipinski definition) is 10. The van der Waals surface area contributed by atoms with Crippen molar-refractivity contribution in [2.45, 2.75) is 69.1 Å². The summed E-state index contributed by atoms with van der Waals surface area (Å²) >= 11 is 0. The predicted octanol–water partition coefficient (Wildman–Crippen LogP) is -4.00. The summed E-state index contributed by atoms with van der Waals surface area (Å²) < 4.78 is 0. The minimum Gasteiger partial charge on any atom is -0.481 e. The van der Waals surface area contributed by atoms with Gasteiger partial charge < -0.3 is 54.1 Å². The third-order valence-corrected chi connectivity index (χ3v) is 5.49. The molecule has 40 heavy (non-hydrogen) atoms. The van der Waals surface area contributed by atoms with Crippen LogP contribution in [0.15, 0.2) is 17.5 Å². The fourth-order valence-corrected chi connectivity index (χ4v) is 3.38. The second-order valence-corrected chi connectivity index (χ2v) is 8.80. The molecule has 0 radical (unpaired) electrons. The highest BCUT2D eigenvalue weighted by atomic mass is 16.4. The Morgan fingerprint density at radius 1 is 0.875 bits per heavy atom. The van der Waals surface area contributed by atoms with Gasteiger partial charge in [-0.25, -0.2) is 9.78 Å². The number of imidazole rings is 1. The number of H-pyrrole nitrogens is 1. The van der Waals surface area contributed by atoms with Crippen molar-refractivity contribution in [2.75, 3.05) is 6.54 Å². The van der Waals surface area contributed by atoms with Crippen molar-refractivity contribution >= 4 is 41.5 Å². The largest absolute Gasteiger partial charge is 0.481 e. The van der Waals surface area contributed by atoms with E-state index in [4.69, 9.17) is 28.0 Å². The number of nitrogens with one attached hydrogen (secondary N) is 4. The SMILES string of the molecule is NC(=O)CCC(NC(=O)C(CCCN=C(N)N)NC(=O)C(Cc1cnc[nH]1)NC(=O)C(N)CCC(=O)O)C(=O)O. The van der Waals surface area contributed by atoms with Crippen LogP contribution in [0.25, 0.3) is 0 Å². The molecule has 18 heteroatoms. The number of nitrogens with two attached hydrogens (primary N) is 4. The van der Waals surface area contributed by atoms with Crippen molar-refractivity contribution in [3.63, 3.8) is 0 Å². The van der Waals surface area contributed by atoms with Gasteiger partial charge in [0.2, 0.25) is 23.6 Å². The average Bonchev–Trinajstić information content (AvgIpc) is 3.38. The van der Waals surface area contributed by atoms with Crippen LogP contribution in [0.4, 0.5) is 0 Å². The summed E-state index contributed by atoms with van der Waals surface area (Å²) in [7, 11) is 0. The summed E-state index contributed by atoms with van der Waals surface area (Å²) in [4.78, 5) is 82.8. The van der Waals surface area contributed by atoms with Crippen LogP contribution in [0.5, 0.6) is 0 Å². The molecule has 1 aromatic rings. The van der Waals surface area contributed by atoms with Crippen molar-refractivity contribution in [3.05, 3.63) is 18.2 Å². The highest BCUT2D eigenvalue weighted by Gasteiger charge is 2.30. The van der Waals surface area contributed by atoms with Crippen LogP contribution >= 0.6 is 0 Å². The Kier molecular flexibility index (Phi) is 14.1. The number of nitrogens with zero attached hydrogens (tertiary/aromatic N) is 2. The third-order valence-electron chi connectivity index (χ3n) is 5.49. The van der Waals surface area contributed by atoms with E-state index in [-0.39, 0.29) is 57.5 Å². The first kappa shape index (κ1) is 33.3. The minimum absolute atomic E-state index is 0.0284. The molecular weight excluding hydrogens is 532 g/mol. The molecule has 0 aromatic carbocycles. The standard InChI is InChI=1S/C22H36N10O8/c23-12(3-6-17(34)35)18(36)32-15(8-11-9-27-10-29-11)20(38)30-13(2-1-7-28-22(25)26)19(37)31-14(21(39)40)4-5-16(24)33/h9-10,12-15H,1-8,23H2,(H2,24,33)(H,27,29)(H,30,38)(H,31,37)(H,32,36)(H,34,35)(H,39,40)(H4,25,26,28). The summed E-state index contributed by atoms with van der Waals surface area (Å²) in [6.07, 6.45) is 1.70. The van der Waals surface area contributed by atoms with Gasteiger partial charge in [-0.2, -0.15) is 0 Å². The topological polar surface area (TPSA) is 324 Å². The lowest BCUT2D eigenvalue weighted by molar-refractivity contribution is -0.142. The first-order valence-electron chi connectivity index (χ1n) is 12.2. The maximum absolute atomic E-state index is 13.3. The monoisotopic (exact) mass is 568 g/mol. The first-order valence-corrected chi connectivity index (χ1v) is 12.2. The predicted molar refractivity (Wildman–Crippen MR) is 139 cm³/mol. The highest BCUT2D eigenvalue weighted by Crippen LogP contribution is 2.06. The Balaban J connectivity index is 3.10. The third kappa shape index (κ3) is 13.2. The Bertz CT molecular complexity index is 1060. The fraction of sp³-hybridized carbons (Fsp3) is 0.545. The van der Waals surface area contributed by atoms with Crippen molar-refractivity contribution < 1.29 is 39.0 Å². The van der Waals surface area contributed by atoms with Crippen LogP contribution in [-0.2, 0) is 35.2 Å². The summed E-state index contributed by atoms with van der Waals surface area (Å²) in [5.74, 6) is -6.02. The van der Waals surface area contributed by atoms with Gasteiger partial charge in [0.15, 0.2) is 5.96 Å². The van der Waals surface area contributed by atoms with Gasteiger partial charge in [0.25, 0.3) is 0 Å². The van der Waals surface area contributed by atoms with E-state index < -0.39 is 59.7 Å². The van der Waals surface area contributed by atoms with Crippen LogP contribution in [-0.4, -0.2) is 92.4 Å². The number of guanidine groups is 1. The normalized spacial score (nSPS) is 13.6. The Morgan fingerprint density at radius 3 is 2.05 bits per heavy atom. The van der Waals surface area contributed by atoms with Crippen LogP contribution in [0.2, 0.25) is 0 Å². The maximum Gasteiger partial charge on any atom is 0.326 e. The number of aromatic nitrogens is 2. The molecule has 4 unspecified atom stereocenters. The van der Waals surface area contributed by atoms with E-state index in [1.54, 1.807) is 0 Å². The molecule has 222 valence electrons. The molecule has 1 heterocycles. The molecule has 0 aliphatic carbocycles. The van der Waals surface area contributed by atoms with Crippen LogP contribution < -0.4 is 38.9 Å². The number of aliphatic imine (C=N–C) groups is 1. The number of hydrogen-bond acceptors (Lipinski definition) is 9. The zero-order valence-electron chi connectivity index (χ0n) is 21.7. The van der Waals surface area contributed by atoms with Crippen LogP contribution in [0.1, 0.15) is 44.2 Å². The van der Waals surface area contributed by atoms with E-state index in [2.05, 4.69) is 30.9 Å². The van der Waals surface area contributed by atoms with Gasteiger partial charge in [-0.1, -0.05) is 0 Å². The lowest BCUT2D eigenvalue weighted by Gasteiger charge is -2.25. The van der Waals surface area contributed by atoms with Gasteiger partial charge >= 0.3 is 11.9 Å². The first-order chi connectivity index (χ1) is 18.8. The number of carbonyl (C=O) groups excluding carboxylic acids is 4. The molecular formula is C22H36N10O8. The summed E-state index contributed by atoms with van der Waals surface area (Å²) in [5.41, 5.74) is 21.9. The van der Waals surface area contributed by atoms with E-state index >= 15 is 0 Å². The van der Waals surface area contributed by atoms with Crippen molar-refractivity contribution in [1.29, 1.82) is 0 Å². The number of carboxylic acid groups (broad SMARTS) is 2. The number of rotatable bonds is 19. The molecule has 18 nitrogen and oxygen atoms in total. The molecule has 0 fully saturated rings. The van der Waals surface area contributed by atoms with E-state index in [0.717, 1.165) is 0 Å². The lowest BCUT2D eigenvalue weighted by atomic mass is 10.1. The number of carboxylic acids is 2. The van der Waals surface area contributed by atoms with Gasteiger partial charge in [0.05, 0.1) is 12.4 Å². The van der Waals surface area contributed by atoms with Crippen LogP contribution in [0, 0.1) is 0 Å². The molecule has 14 N–H and O–H groups in total. The van der Waals surface area contributed by atoms with Gasteiger partial charge in [-0.15, -0.1) is 0 Å². The molecule has 0 spiro atoms. The Hall–Kier alpha value is -4.74. The molecule has 0 saturated heterocycles. The van der Waals surface area contributed by atoms with Crippen LogP contribution in [0.3, 0.4) is 0 Å². The smallest absolute Gasteiger partial charge is 0.326 e. The number of aromatic amines is 1. The van der Waals surface area contributed by atoms with Crippen molar-refractivity contribution in [3.8, 4) is 0 Å². The second-order valence-electron chi connectivity index (χ2n) is 8.80. The van der Waals surface area contributed by atoms with Gasteiger partial charge in [-0.3, -0.25) is 29.0 Å². The number of carbonyl (C=O) groups is 6. The molecule has 1 aromatic heterocycles. The van der Waals surface area contributed by atoms with Crippen molar-refractivity contribution in [2.24, 2.45) is 27.9 Å². The van der Waals surface area contributed by atoms with E-state index in [0.29, 0.717) is 5.69 Å². The molecule has 4 atom stereocenters. The molecule has 0 aliphatic rings. The Labute approximate surface area is 228 Å². The van der Waals surface area contributed by atoms with Crippen molar-refractivity contribution in [1.82, 2.24) is 25.9 Å². The van der Waals surface area contributed by atoms with Gasteiger partial charge in [0.1, 0.15) is 18.1 Å². The van der Waals surface area contributed by atoms with Gasteiger partial charge in [0, 0.05) is 37.7 Å². The zero-order valence-corrected chi connectivity index (χ0v) is 21.7. The molecule has 1 rings (SSSR count). The molecule has 0 saturated carbocycles. The molecule has 0 bridgehead atoms. The summed E-state index contributed by atoms with van der Waals surface area (Å²) in [6, 6.07) is -5.26. The minimum atomic E-state index is -1.47. The lowest BCUT2D eigenvalue weighted by Crippen LogP contribution is -2.57.